The van der Waals surface area contributed by atoms with Crippen LogP contribution in [-0.4, -0.2) is 0 Å². The minimum atomic E-state index is -0.0900. The molecule has 1 aromatic carbocycles. The Bertz CT molecular complexity index is 266. The van der Waals surface area contributed by atoms with Crippen LogP contribution in [0.1, 0.15) is 37.3 Å². The van der Waals surface area contributed by atoms with Gasteiger partial charge in [-0.05, 0) is 36.5 Å². The Labute approximate surface area is 73.4 Å². The molecule has 0 radical (unpaired) electrons. The summed E-state index contributed by atoms with van der Waals surface area (Å²) in [6, 6.07) is 5.30. The maximum absolute atomic E-state index is 13.1. The van der Waals surface area contributed by atoms with Crippen LogP contribution in [-0.2, 0) is 0 Å². The third kappa shape index (κ3) is 1.66. The second-order valence-corrected chi connectivity index (χ2v) is 3.26. The van der Waals surface area contributed by atoms with E-state index in [0.29, 0.717) is 5.92 Å². The van der Waals surface area contributed by atoms with Crippen molar-refractivity contribution in [1.29, 1.82) is 0 Å². The Balaban J connectivity index is 3.07. The zero-order chi connectivity index (χ0) is 9.14. The maximum atomic E-state index is 13.1. The molecule has 1 atom stereocenters. The molecule has 1 unspecified atom stereocenters. The van der Waals surface area contributed by atoms with Crippen LogP contribution in [0.25, 0.3) is 0 Å². The summed E-state index contributed by atoms with van der Waals surface area (Å²) in [5.74, 6) is 0.369. The molecule has 1 aromatic rings. The van der Waals surface area contributed by atoms with Crippen LogP contribution in [0.5, 0.6) is 0 Å². The Morgan fingerprint density at radius 1 is 1.42 bits per heavy atom. The summed E-state index contributed by atoms with van der Waals surface area (Å²) in [5, 5.41) is 0. The third-order valence-electron chi connectivity index (χ3n) is 2.45. The van der Waals surface area contributed by atoms with E-state index in [1.54, 1.807) is 6.07 Å². The first-order valence-electron chi connectivity index (χ1n) is 4.41. The zero-order valence-electron chi connectivity index (χ0n) is 7.89. The number of rotatable bonds is 2. The van der Waals surface area contributed by atoms with Gasteiger partial charge in [-0.3, -0.25) is 0 Å². The summed E-state index contributed by atoms with van der Waals surface area (Å²) < 4.78 is 13.1. The largest absolute Gasteiger partial charge is 0.207 e. The molecular weight excluding hydrogens is 151 g/mol. The molecule has 0 saturated carbocycles. The second kappa shape index (κ2) is 3.70. The van der Waals surface area contributed by atoms with Crippen molar-refractivity contribution in [3.63, 3.8) is 0 Å². The number of hydrogen-bond donors (Lipinski definition) is 0. The molecule has 12 heavy (non-hydrogen) atoms. The van der Waals surface area contributed by atoms with Crippen LogP contribution in [0.4, 0.5) is 4.39 Å². The van der Waals surface area contributed by atoms with E-state index in [-0.39, 0.29) is 5.82 Å². The minimum absolute atomic E-state index is 0.0900. The quantitative estimate of drug-likeness (QED) is 0.629. The lowest BCUT2D eigenvalue weighted by Gasteiger charge is -2.12. The van der Waals surface area contributed by atoms with Gasteiger partial charge in [0.15, 0.2) is 0 Å². The number of halogens is 1. The van der Waals surface area contributed by atoms with Crippen LogP contribution >= 0.6 is 0 Å². The van der Waals surface area contributed by atoms with Gasteiger partial charge in [-0.25, -0.2) is 4.39 Å². The maximum Gasteiger partial charge on any atom is 0.126 e. The third-order valence-corrected chi connectivity index (χ3v) is 2.45. The van der Waals surface area contributed by atoms with E-state index in [9.17, 15) is 4.39 Å². The fourth-order valence-electron chi connectivity index (χ4n) is 1.38. The second-order valence-electron chi connectivity index (χ2n) is 3.26. The predicted molar refractivity (Wildman–Crippen MR) is 49.8 cm³/mol. The Morgan fingerprint density at radius 3 is 2.67 bits per heavy atom. The Kier molecular flexibility index (Phi) is 2.85. The van der Waals surface area contributed by atoms with E-state index in [1.807, 2.05) is 13.0 Å². The van der Waals surface area contributed by atoms with Crippen molar-refractivity contribution in [2.24, 2.45) is 0 Å². The summed E-state index contributed by atoms with van der Waals surface area (Å²) in [7, 11) is 0. The monoisotopic (exact) mass is 166 g/mol. The zero-order valence-corrected chi connectivity index (χ0v) is 7.89. The SMILES string of the molecule is CCC(C)c1cccc(F)c1C. The molecule has 66 valence electrons. The Morgan fingerprint density at radius 2 is 2.08 bits per heavy atom. The van der Waals surface area contributed by atoms with Crippen molar-refractivity contribution in [1.82, 2.24) is 0 Å². The highest BCUT2D eigenvalue weighted by atomic mass is 19.1. The molecule has 0 heterocycles. The van der Waals surface area contributed by atoms with Crippen molar-refractivity contribution in [3.8, 4) is 0 Å². The smallest absolute Gasteiger partial charge is 0.126 e. The van der Waals surface area contributed by atoms with E-state index >= 15 is 0 Å². The van der Waals surface area contributed by atoms with Crippen LogP contribution in [0.3, 0.4) is 0 Å². The molecule has 1 heteroatoms. The van der Waals surface area contributed by atoms with Gasteiger partial charge in [0.25, 0.3) is 0 Å². The average molecular weight is 166 g/mol. The molecule has 0 N–H and O–H groups in total. The van der Waals surface area contributed by atoms with Crippen molar-refractivity contribution in [2.45, 2.75) is 33.1 Å². The van der Waals surface area contributed by atoms with E-state index in [2.05, 4.69) is 13.8 Å². The fourth-order valence-corrected chi connectivity index (χ4v) is 1.38. The average Bonchev–Trinajstić information content (AvgIpc) is 2.08. The molecule has 0 fully saturated rings. The molecule has 0 spiro atoms. The normalized spacial score (nSPS) is 13.0. The molecule has 0 aromatic heterocycles. The number of hydrogen-bond acceptors (Lipinski definition) is 0. The van der Waals surface area contributed by atoms with Crippen molar-refractivity contribution < 1.29 is 4.39 Å². The molecule has 0 bridgehead atoms. The van der Waals surface area contributed by atoms with E-state index < -0.39 is 0 Å². The number of benzene rings is 1. The molecule has 1 rings (SSSR count). The van der Waals surface area contributed by atoms with Crippen LogP contribution < -0.4 is 0 Å². The van der Waals surface area contributed by atoms with Crippen molar-refractivity contribution >= 4 is 0 Å². The van der Waals surface area contributed by atoms with Gasteiger partial charge in [-0.2, -0.15) is 0 Å². The first-order valence-corrected chi connectivity index (χ1v) is 4.41. The molecule has 0 aliphatic rings. The standard InChI is InChI=1S/C11H15F/c1-4-8(2)10-6-5-7-11(12)9(10)3/h5-8H,4H2,1-3H3. The van der Waals surface area contributed by atoms with Crippen molar-refractivity contribution in [2.75, 3.05) is 0 Å². The lowest BCUT2D eigenvalue weighted by Crippen LogP contribution is -1.96. The first-order chi connectivity index (χ1) is 5.66. The topological polar surface area (TPSA) is 0 Å². The molecular formula is C11H15F. The lowest BCUT2D eigenvalue weighted by molar-refractivity contribution is 0.608. The van der Waals surface area contributed by atoms with E-state index in [0.717, 1.165) is 17.5 Å². The summed E-state index contributed by atoms with van der Waals surface area (Å²) in [5.41, 5.74) is 1.93. The molecule has 0 aliphatic heterocycles. The lowest BCUT2D eigenvalue weighted by atomic mass is 9.94. The van der Waals surface area contributed by atoms with Gasteiger partial charge in [0, 0.05) is 0 Å². The van der Waals surface area contributed by atoms with Gasteiger partial charge in [0.2, 0.25) is 0 Å². The molecule has 0 aliphatic carbocycles. The highest BCUT2D eigenvalue weighted by Gasteiger charge is 2.08. The Hall–Kier alpha value is -0.850. The van der Waals surface area contributed by atoms with Crippen LogP contribution in [0.2, 0.25) is 0 Å². The summed E-state index contributed by atoms with van der Waals surface area (Å²) >= 11 is 0. The first kappa shape index (κ1) is 9.24. The van der Waals surface area contributed by atoms with E-state index in [1.165, 1.54) is 6.07 Å². The summed E-state index contributed by atoms with van der Waals surface area (Å²) in [6.45, 7) is 6.09. The van der Waals surface area contributed by atoms with Crippen LogP contribution in [0, 0.1) is 12.7 Å². The van der Waals surface area contributed by atoms with E-state index in [4.69, 9.17) is 0 Å². The highest BCUT2D eigenvalue weighted by molar-refractivity contribution is 5.29. The van der Waals surface area contributed by atoms with Gasteiger partial charge in [0.05, 0.1) is 0 Å². The van der Waals surface area contributed by atoms with Gasteiger partial charge in [-0.1, -0.05) is 26.0 Å². The van der Waals surface area contributed by atoms with Gasteiger partial charge >= 0.3 is 0 Å². The van der Waals surface area contributed by atoms with Crippen LogP contribution in [0.15, 0.2) is 18.2 Å². The van der Waals surface area contributed by atoms with Gasteiger partial charge < -0.3 is 0 Å². The van der Waals surface area contributed by atoms with Gasteiger partial charge in [-0.15, -0.1) is 0 Å². The summed E-state index contributed by atoms with van der Waals surface area (Å²) in [4.78, 5) is 0. The van der Waals surface area contributed by atoms with Crippen molar-refractivity contribution in [3.05, 3.63) is 35.1 Å². The predicted octanol–water partition coefficient (Wildman–Crippen LogP) is 3.65. The summed E-state index contributed by atoms with van der Waals surface area (Å²) in [6.07, 6.45) is 1.06. The molecule has 0 saturated heterocycles. The molecule has 0 amide bonds. The van der Waals surface area contributed by atoms with Gasteiger partial charge in [0.1, 0.15) is 5.82 Å². The highest BCUT2D eigenvalue weighted by Crippen LogP contribution is 2.23. The minimum Gasteiger partial charge on any atom is -0.207 e. The molecule has 0 nitrogen and oxygen atoms in total. The fraction of sp³-hybridized carbons (Fsp3) is 0.455.